The van der Waals surface area contributed by atoms with Crippen molar-refractivity contribution in [3.8, 4) is 0 Å². The Morgan fingerprint density at radius 1 is 1.20 bits per heavy atom. The summed E-state index contributed by atoms with van der Waals surface area (Å²) in [6, 6.07) is 9.72. The number of carbonyl (C=O) groups is 1. The molecule has 0 aromatic heterocycles. The number of hydrogen-bond acceptors (Lipinski definition) is 2. The van der Waals surface area contributed by atoms with Gasteiger partial charge in [0.05, 0.1) is 0 Å². The number of hydrogen-bond donors (Lipinski definition) is 0. The third kappa shape index (κ3) is 3.47. The van der Waals surface area contributed by atoms with Crippen LogP contribution in [0.25, 0.3) is 0 Å². The van der Waals surface area contributed by atoms with Gasteiger partial charge in [0.2, 0.25) is 0 Å². The van der Waals surface area contributed by atoms with E-state index in [0.717, 1.165) is 11.8 Å². The highest BCUT2D eigenvalue weighted by Crippen LogP contribution is 2.42. The molecule has 0 unspecified atom stereocenters. The van der Waals surface area contributed by atoms with Crippen molar-refractivity contribution in [1.82, 2.24) is 0 Å². The normalized spacial score (nSPS) is 15.4. The zero-order chi connectivity index (χ0) is 15.4. The minimum Gasteiger partial charge on any atom is -0.401 e. The molecule has 3 heteroatoms. The summed E-state index contributed by atoms with van der Waals surface area (Å²) in [6.07, 6.45) is 3.19. The van der Waals surface area contributed by atoms with Crippen LogP contribution in [0.2, 0.25) is 18.1 Å². The maximum atomic E-state index is 11.9. The van der Waals surface area contributed by atoms with Gasteiger partial charge < -0.3 is 4.43 Å². The van der Waals surface area contributed by atoms with Gasteiger partial charge in [0.25, 0.3) is 0 Å². The summed E-state index contributed by atoms with van der Waals surface area (Å²) in [5, 5.41) is 0.0528. The molecule has 20 heavy (non-hydrogen) atoms. The zero-order valence-corrected chi connectivity index (χ0v) is 14.3. The van der Waals surface area contributed by atoms with Gasteiger partial charge in [-0.15, -0.1) is 6.58 Å². The van der Waals surface area contributed by atoms with Gasteiger partial charge in [0.15, 0.2) is 14.6 Å². The zero-order valence-electron chi connectivity index (χ0n) is 13.3. The van der Waals surface area contributed by atoms with Crippen molar-refractivity contribution in [2.45, 2.75) is 50.9 Å². The highest BCUT2D eigenvalue weighted by atomic mass is 28.4. The maximum absolute atomic E-state index is 11.9. The first-order chi connectivity index (χ1) is 9.18. The van der Waals surface area contributed by atoms with E-state index < -0.39 is 13.9 Å². The number of carbonyl (C=O) groups excluding carboxylic acids is 1. The van der Waals surface area contributed by atoms with Gasteiger partial charge >= 0.3 is 0 Å². The lowest BCUT2D eigenvalue weighted by Gasteiger charge is -2.43. The third-order valence-electron chi connectivity index (χ3n) is 4.14. The molecule has 0 radical (unpaired) electrons. The fraction of sp³-hybridized carbons (Fsp3) is 0.471. The van der Waals surface area contributed by atoms with E-state index in [0.29, 0.717) is 6.42 Å². The van der Waals surface area contributed by atoms with Crippen LogP contribution in [-0.4, -0.2) is 14.6 Å². The summed E-state index contributed by atoms with van der Waals surface area (Å²) >= 11 is 0. The van der Waals surface area contributed by atoms with Crippen LogP contribution < -0.4 is 0 Å². The van der Waals surface area contributed by atoms with Gasteiger partial charge in [0.1, 0.15) is 5.60 Å². The molecule has 0 heterocycles. The van der Waals surface area contributed by atoms with E-state index in [1.54, 1.807) is 6.08 Å². The van der Waals surface area contributed by atoms with Gasteiger partial charge in [-0.1, -0.05) is 57.2 Å². The monoisotopic (exact) mass is 290 g/mol. The van der Waals surface area contributed by atoms with Crippen LogP contribution in [0.1, 0.15) is 32.8 Å². The van der Waals surface area contributed by atoms with Gasteiger partial charge in [-0.05, 0) is 23.7 Å². The molecule has 0 fully saturated rings. The summed E-state index contributed by atoms with van der Waals surface area (Å²) in [6.45, 7) is 14.6. The quantitative estimate of drug-likeness (QED) is 0.432. The molecule has 2 nitrogen and oxygen atoms in total. The largest absolute Gasteiger partial charge is 0.401 e. The Labute approximate surface area is 124 Å². The minimum atomic E-state index is -2.06. The minimum absolute atomic E-state index is 0.0528. The van der Waals surface area contributed by atoms with E-state index in [1.165, 1.54) is 0 Å². The summed E-state index contributed by atoms with van der Waals surface area (Å²) in [7, 11) is -2.06. The van der Waals surface area contributed by atoms with E-state index in [1.807, 2.05) is 30.3 Å². The molecule has 110 valence electrons. The molecular formula is C17H26O2Si. The van der Waals surface area contributed by atoms with Crippen LogP contribution in [0.4, 0.5) is 0 Å². The highest BCUT2D eigenvalue weighted by Gasteiger charge is 2.45. The van der Waals surface area contributed by atoms with Crippen molar-refractivity contribution >= 4 is 14.6 Å². The number of aldehydes is 1. The predicted octanol–water partition coefficient (Wildman–Crippen LogP) is 4.68. The first-order valence-corrected chi connectivity index (χ1v) is 9.92. The molecule has 0 saturated carbocycles. The Bertz CT molecular complexity index is 460. The molecular weight excluding hydrogens is 264 g/mol. The average molecular weight is 290 g/mol. The maximum Gasteiger partial charge on any atom is 0.193 e. The number of benzene rings is 1. The molecule has 0 saturated heterocycles. The van der Waals surface area contributed by atoms with Crippen LogP contribution in [0.5, 0.6) is 0 Å². The summed E-state index contributed by atoms with van der Waals surface area (Å²) in [4.78, 5) is 11.9. The van der Waals surface area contributed by atoms with Crippen LogP contribution in [0, 0.1) is 0 Å². The van der Waals surface area contributed by atoms with Crippen molar-refractivity contribution in [3.05, 3.63) is 48.6 Å². The lowest BCUT2D eigenvalue weighted by Crippen LogP contribution is -2.49. The molecule has 1 aromatic carbocycles. The first kappa shape index (κ1) is 16.9. The SMILES string of the molecule is C=CC[C@](C=O)(O[Si](C)(C)C(C)(C)C)c1ccccc1. The molecule has 1 atom stereocenters. The Balaban J connectivity index is 3.27. The Kier molecular flexibility index (Phi) is 5.11. The van der Waals surface area contributed by atoms with Crippen molar-refractivity contribution < 1.29 is 9.22 Å². The lowest BCUT2D eigenvalue weighted by molar-refractivity contribution is -0.123. The predicted molar refractivity (Wildman–Crippen MR) is 87.3 cm³/mol. The first-order valence-electron chi connectivity index (χ1n) is 7.01. The lowest BCUT2D eigenvalue weighted by atomic mass is 9.92. The molecule has 0 N–H and O–H groups in total. The summed E-state index contributed by atoms with van der Waals surface area (Å²) in [5.41, 5.74) is -0.00818. The van der Waals surface area contributed by atoms with Gasteiger partial charge in [-0.3, -0.25) is 4.79 Å². The molecule has 1 rings (SSSR count). The number of rotatable bonds is 6. The molecule has 0 spiro atoms. The highest BCUT2D eigenvalue weighted by molar-refractivity contribution is 6.74. The molecule has 0 bridgehead atoms. The van der Waals surface area contributed by atoms with Crippen molar-refractivity contribution in [2.24, 2.45) is 0 Å². The molecule has 1 aromatic rings. The summed E-state index contributed by atoms with van der Waals surface area (Å²) < 4.78 is 6.47. The van der Waals surface area contributed by atoms with E-state index >= 15 is 0 Å². The van der Waals surface area contributed by atoms with E-state index in [9.17, 15) is 4.79 Å². The fourth-order valence-corrected chi connectivity index (χ4v) is 3.37. The van der Waals surface area contributed by atoms with Crippen molar-refractivity contribution in [2.75, 3.05) is 0 Å². The Morgan fingerprint density at radius 2 is 1.75 bits per heavy atom. The molecule has 0 aliphatic rings. The van der Waals surface area contributed by atoms with E-state index in [4.69, 9.17) is 4.43 Å². The second kappa shape index (κ2) is 6.06. The Morgan fingerprint density at radius 3 is 2.15 bits per heavy atom. The van der Waals surface area contributed by atoms with Gasteiger partial charge in [-0.2, -0.15) is 0 Å². The van der Waals surface area contributed by atoms with E-state index in [-0.39, 0.29) is 5.04 Å². The molecule has 0 aliphatic heterocycles. The fourth-order valence-electron chi connectivity index (χ4n) is 1.90. The Hall–Kier alpha value is -1.19. The summed E-state index contributed by atoms with van der Waals surface area (Å²) in [5.74, 6) is 0. The molecule has 0 aliphatic carbocycles. The van der Waals surface area contributed by atoms with Crippen LogP contribution in [-0.2, 0) is 14.8 Å². The van der Waals surface area contributed by atoms with Gasteiger partial charge in [0, 0.05) is 6.42 Å². The smallest absolute Gasteiger partial charge is 0.193 e. The average Bonchev–Trinajstić information content (AvgIpc) is 2.37. The second-order valence-electron chi connectivity index (χ2n) is 6.73. The topological polar surface area (TPSA) is 26.3 Å². The molecule has 0 amide bonds. The third-order valence-corrected chi connectivity index (χ3v) is 8.63. The van der Waals surface area contributed by atoms with Gasteiger partial charge in [-0.25, -0.2) is 0 Å². The van der Waals surface area contributed by atoms with Crippen LogP contribution >= 0.6 is 0 Å². The van der Waals surface area contributed by atoms with Crippen molar-refractivity contribution in [1.29, 1.82) is 0 Å². The van der Waals surface area contributed by atoms with E-state index in [2.05, 4.69) is 40.4 Å². The van der Waals surface area contributed by atoms with Crippen LogP contribution in [0.3, 0.4) is 0 Å². The van der Waals surface area contributed by atoms with Crippen LogP contribution in [0.15, 0.2) is 43.0 Å². The second-order valence-corrected chi connectivity index (χ2v) is 11.5. The standard InChI is InChI=1S/C17H26O2Si/c1-7-13-17(14-18,15-11-9-8-10-12-15)19-20(5,6)16(2,3)4/h7-12,14H,1,13H2,2-6H3/t17-/m1/s1. The van der Waals surface area contributed by atoms with Crippen molar-refractivity contribution in [3.63, 3.8) is 0 Å².